The van der Waals surface area contributed by atoms with Gasteiger partial charge in [0.25, 0.3) is 0 Å². The lowest BCUT2D eigenvalue weighted by molar-refractivity contribution is 0.108. The third-order valence-corrected chi connectivity index (χ3v) is 6.52. The number of hydrogen-bond acceptors (Lipinski definition) is 4. The molecule has 0 unspecified atom stereocenters. The molecule has 0 spiro atoms. The van der Waals surface area contributed by atoms with Crippen LogP contribution in [0.2, 0.25) is 0 Å². The fourth-order valence-corrected chi connectivity index (χ4v) is 4.65. The highest BCUT2D eigenvalue weighted by molar-refractivity contribution is 5.23. The number of hydrogen-bond donors (Lipinski definition) is 1. The lowest BCUT2D eigenvalue weighted by Gasteiger charge is -2.39. The van der Waals surface area contributed by atoms with Gasteiger partial charge in [0, 0.05) is 71.0 Å². The van der Waals surface area contributed by atoms with Gasteiger partial charge in [-0.2, -0.15) is 0 Å². The minimum absolute atomic E-state index is 0.602. The Hall–Kier alpha value is -1.72. The second-order valence-electron chi connectivity index (χ2n) is 8.88. The van der Waals surface area contributed by atoms with Gasteiger partial charge in [-0.15, -0.1) is 0 Å². The molecule has 156 valence electrons. The predicted octanol–water partition coefficient (Wildman–Crippen LogP) is 3.19. The second kappa shape index (κ2) is 9.86. The van der Waals surface area contributed by atoms with Crippen LogP contribution in [-0.2, 0) is 19.6 Å². The van der Waals surface area contributed by atoms with Gasteiger partial charge < -0.3 is 5.32 Å². The zero-order valence-electron chi connectivity index (χ0n) is 18.1. The number of nitrogens with zero attached hydrogens (tertiary/aromatic N) is 3. The molecule has 0 amide bonds. The second-order valence-corrected chi connectivity index (χ2v) is 8.88. The highest BCUT2D eigenvalue weighted by Crippen LogP contribution is 2.17. The minimum atomic E-state index is 0.602. The van der Waals surface area contributed by atoms with Crippen molar-refractivity contribution >= 4 is 0 Å². The predicted molar refractivity (Wildman–Crippen MR) is 121 cm³/mol. The SMILES string of the molecule is C[C@@H]1CNC[C@H](C)N1Cc1ccc(CN2CCN(Cc3ccccc3)CC2)cc1. The van der Waals surface area contributed by atoms with Crippen molar-refractivity contribution in [3.63, 3.8) is 0 Å². The zero-order chi connectivity index (χ0) is 20.1. The average Bonchev–Trinajstić information content (AvgIpc) is 2.74. The van der Waals surface area contributed by atoms with E-state index in [1.54, 1.807) is 0 Å². The molecule has 2 heterocycles. The van der Waals surface area contributed by atoms with Gasteiger partial charge in [-0.1, -0.05) is 54.6 Å². The fourth-order valence-electron chi connectivity index (χ4n) is 4.65. The number of rotatable bonds is 6. The Labute approximate surface area is 176 Å². The summed E-state index contributed by atoms with van der Waals surface area (Å²) in [6.45, 7) is 14.7. The molecule has 2 aromatic carbocycles. The van der Waals surface area contributed by atoms with Gasteiger partial charge in [0.2, 0.25) is 0 Å². The number of benzene rings is 2. The summed E-state index contributed by atoms with van der Waals surface area (Å²) >= 11 is 0. The lowest BCUT2D eigenvalue weighted by Crippen LogP contribution is -2.54. The van der Waals surface area contributed by atoms with Crippen molar-refractivity contribution in [3.8, 4) is 0 Å². The summed E-state index contributed by atoms with van der Waals surface area (Å²) in [7, 11) is 0. The molecule has 0 aromatic heterocycles. The van der Waals surface area contributed by atoms with E-state index in [0.717, 1.165) is 58.9 Å². The maximum atomic E-state index is 3.52. The Balaban J connectivity index is 1.24. The normalized spacial score (nSPS) is 24.6. The van der Waals surface area contributed by atoms with Crippen molar-refractivity contribution in [2.75, 3.05) is 39.3 Å². The van der Waals surface area contributed by atoms with Crippen molar-refractivity contribution in [3.05, 3.63) is 71.3 Å². The molecule has 2 fully saturated rings. The van der Waals surface area contributed by atoms with Crippen LogP contribution in [0.15, 0.2) is 54.6 Å². The minimum Gasteiger partial charge on any atom is -0.314 e. The van der Waals surface area contributed by atoms with E-state index in [1.807, 2.05) is 0 Å². The Morgan fingerprint density at radius 1 is 0.655 bits per heavy atom. The number of nitrogens with one attached hydrogen (secondary N) is 1. The van der Waals surface area contributed by atoms with E-state index in [0.29, 0.717) is 12.1 Å². The van der Waals surface area contributed by atoms with Crippen LogP contribution < -0.4 is 5.32 Å². The van der Waals surface area contributed by atoms with Crippen LogP contribution in [0.25, 0.3) is 0 Å². The topological polar surface area (TPSA) is 21.8 Å². The first-order valence-corrected chi connectivity index (χ1v) is 11.2. The van der Waals surface area contributed by atoms with Crippen LogP contribution >= 0.6 is 0 Å². The van der Waals surface area contributed by atoms with Gasteiger partial charge in [0.15, 0.2) is 0 Å². The third-order valence-electron chi connectivity index (χ3n) is 6.52. The Bertz CT molecular complexity index is 727. The lowest BCUT2D eigenvalue weighted by atomic mass is 10.1. The van der Waals surface area contributed by atoms with Crippen LogP contribution in [0.3, 0.4) is 0 Å². The highest BCUT2D eigenvalue weighted by Gasteiger charge is 2.24. The van der Waals surface area contributed by atoms with Crippen molar-refractivity contribution < 1.29 is 0 Å². The Morgan fingerprint density at radius 3 is 1.62 bits per heavy atom. The van der Waals surface area contributed by atoms with Crippen molar-refractivity contribution in [1.82, 2.24) is 20.0 Å². The standard InChI is InChI=1S/C25H36N4/c1-21-16-26-17-22(2)29(21)20-25-10-8-24(9-11-25)19-28-14-12-27(13-15-28)18-23-6-4-3-5-7-23/h3-11,21-22,26H,12-20H2,1-2H3/t21-,22+. The largest absolute Gasteiger partial charge is 0.314 e. The van der Waals surface area contributed by atoms with Crippen LogP contribution in [-0.4, -0.2) is 66.1 Å². The van der Waals surface area contributed by atoms with Gasteiger partial charge in [0.1, 0.15) is 0 Å². The van der Waals surface area contributed by atoms with Crippen molar-refractivity contribution in [2.45, 2.75) is 45.6 Å². The van der Waals surface area contributed by atoms with E-state index >= 15 is 0 Å². The van der Waals surface area contributed by atoms with Gasteiger partial charge >= 0.3 is 0 Å². The van der Waals surface area contributed by atoms with E-state index in [4.69, 9.17) is 0 Å². The summed E-state index contributed by atoms with van der Waals surface area (Å²) in [5.74, 6) is 0. The Kier molecular flexibility index (Phi) is 6.98. The molecule has 2 atom stereocenters. The van der Waals surface area contributed by atoms with Gasteiger partial charge in [0.05, 0.1) is 0 Å². The molecular weight excluding hydrogens is 356 g/mol. The van der Waals surface area contributed by atoms with E-state index in [1.165, 1.54) is 16.7 Å². The monoisotopic (exact) mass is 392 g/mol. The van der Waals surface area contributed by atoms with Crippen LogP contribution in [0.1, 0.15) is 30.5 Å². The maximum absolute atomic E-state index is 3.52. The van der Waals surface area contributed by atoms with Gasteiger partial charge in [-0.05, 0) is 30.5 Å². The van der Waals surface area contributed by atoms with Crippen molar-refractivity contribution in [2.24, 2.45) is 0 Å². The first-order valence-electron chi connectivity index (χ1n) is 11.2. The fraction of sp³-hybridized carbons (Fsp3) is 0.520. The molecule has 29 heavy (non-hydrogen) atoms. The first kappa shape index (κ1) is 20.5. The van der Waals surface area contributed by atoms with Gasteiger partial charge in [-0.3, -0.25) is 14.7 Å². The molecule has 2 saturated heterocycles. The molecular formula is C25H36N4. The van der Waals surface area contributed by atoms with E-state index in [9.17, 15) is 0 Å². The molecule has 0 radical (unpaired) electrons. The summed E-state index contributed by atoms with van der Waals surface area (Å²) in [5, 5.41) is 3.52. The molecule has 4 heteroatoms. The summed E-state index contributed by atoms with van der Waals surface area (Å²) in [4.78, 5) is 7.79. The third kappa shape index (κ3) is 5.67. The van der Waals surface area contributed by atoms with Crippen LogP contribution in [0.4, 0.5) is 0 Å². The van der Waals surface area contributed by atoms with E-state index in [2.05, 4.69) is 88.5 Å². The quantitative estimate of drug-likeness (QED) is 0.815. The molecule has 4 nitrogen and oxygen atoms in total. The molecule has 0 bridgehead atoms. The molecule has 1 N–H and O–H groups in total. The molecule has 0 aliphatic carbocycles. The zero-order valence-corrected chi connectivity index (χ0v) is 18.1. The molecule has 2 aromatic rings. The smallest absolute Gasteiger partial charge is 0.0240 e. The van der Waals surface area contributed by atoms with Crippen molar-refractivity contribution in [1.29, 1.82) is 0 Å². The molecule has 2 aliphatic rings. The van der Waals surface area contributed by atoms with Crippen LogP contribution in [0.5, 0.6) is 0 Å². The number of piperazine rings is 2. The Morgan fingerprint density at radius 2 is 1.10 bits per heavy atom. The summed E-state index contributed by atoms with van der Waals surface area (Å²) in [5.41, 5.74) is 4.29. The van der Waals surface area contributed by atoms with Gasteiger partial charge in [-0.25, -0.2) is 0 Å². The summed E-state index contributed by atoms with van der Waals surface area (Å²) < 4.78 is 0. The molecule has 0 saturated carbocycles. The van der Waals surface area contributed by atoms with E-state index in [-0.39, 0.29) is 0 Å². The highest BCUT2D eigenvalue weighted by atomic mass is 15.3. The van der Waals surface area contributed by atoms with E-state index < -0.39 is 0 Å². The summed E-state index contributed by atoms with van der Waals surface area (Å²) in [6, 6.07) is 21.4. The first-order chi connectivity index (χ1) is 14.2. The molecule has 2 aliphatic heterocycles. The maximum Gasteiger partial charge on any atom is 0.0240 e. The average molecular weight is 393 g/mol. The summed E-state index contributed by atoms with van der Waals surface area (Å²) in [6.07, 6.45) is 0. The van der Waals surface area contributed by atoms with Crippen LogP contribution in [0, 0.1) is 0 Å². The molecule has 4 rings (SSSR count).